The van der Waals surface area contributed by atoms with E-state index >= 15 is 0 Å². The van der Waals surface area contributed by atoms with Crippen LogP contribution in [0.2, 0.25) is 0 Å². The summed E-state index contributed by atoms with van der Waals surface area (Å²) in [4.78, 5) is 28.8. The molecule has 1 aromatic heterocycles. The van der Waals surface area contributed by atoms with Crippen LogP contribution >= 0.6 is 22.9 Å². The first kappa shape index (κ1) is 31.8. The average Bonchev–Trinajstić information content (AvgIpc) is 3.39. The number of halogens is 1. The number of ether oxygens (including phenoxy) is 3. The van der Waals surface area contributed by atoms with Gasteiger partial charge in [0.25, 0.3) is 5.91 Å². The number of amides is 1. The van der Waals surface area contributed by atoms with E-state index in [-0.39, 0.29) is 49.3 Å². The van der Waals surface area contributed by atoms with E-state index in [1.807, 2.05) is 0 Å². The summed E-state index contributed by atoms with van der Waals surface area (Å²) in [5, 5.41) is 12.3. The van der Waals surface area contributed by atoms with Gasteiger partial charge in [0.15, 0.2) is 15.0 Å². The molecule has 11 nitrogen and oxygen atoms in total. The number of aromatic carboxylic acids is 1. The van der Waals surface area contributed by atoms with Gasteiger partial charge < -0.3 is 25.1 Å². The molecule has 0 spiro atoms. The lowest BCUT2D eigenvalue weighted by Crippen LogP contribution is -2.12. The minimum Gasteiger partial charge on any atom is -0.478 e. The molecule has 14 heteroatoms. The Hall–Kier alpha value is -5.11. The highest BCUT2D eigenvalue weighted by Gasteiger charge is 2.16. The molecule has 0 fully saturated rings. The topological polar surface area (TPSA) is 167 Å². The minimum atomic E-state index is -3.40. The summed E-state index contributed by atoms with van der Waals surface area (Å²) in [7, 11) is -3.40. The summed E-state index contributed by atoms with van der Waals surface area (Å²) in [5.74, 6) is -0.460. The Morgan fingerprint density at radius 3 is 2.36 bits per heavy atom. The van der Waals surface area contributed by atoms with Gasteiger partial charge in [-0.25, -0.2) is 18.2 Å². The van der Waals surface area contributed by atoms with Crippen molar-refractivity contribution in [1.82, 2.24) is 4.98 Å². The Labute approximate surface area is 261 Å². The average molecular weight is 654 g/mol. The van der Waals surface area contributed by atoms with Gasteiger partial charge in [0.05, 0.1) is 16.7 Å². The number of anilines is 1. The molecular weight excluding hydrogens is 630 g/mol. The number of carbonyl (C=O) groups excluding carboxylic acids is 1. The molecular formula is C30H24ClN3O8S2. The number of hydrogen-bond donors (Lipinski definition) is 3. The maximum Gasteiger partial charge on any atom is 0.335 e. The third-order valence-corrected chi connectivity index (χ3v) is 7.46. The highest BCUT2D eigenvalue weighted by molar-refractivity contribution is 7.90. The van der Waals surface area contributed by atoms with Crippen LogP contribution in [0.5, 0.6) is 28.1 Å². The summed E-state index contributed by atoms with van der Waals surface area (Å²) < 4.78 is 41.1. The molecule has 0 saturated heterocycles. The monoisotopic (exact) mass is 653 g/mol. The molecule has 3 aromatic carbocycles. The Bertz CT molecular complexity index is 1880. The van der Waals surface area contributed by atoms with Gasteiger partial charge in [-0.1, -0.05) is 41.7 Å². The van der Waals surface area contributed by atoms with Crippen LogP contribution < -0.4 is 25.3 Å². The SMILES string of the molecule is C=C/C=C(\C=C(/N)Cl)Oc1cc(Oc2ccc(S(C)(=O)=O)cc2)cc(C(=O)Nc2ncc(Oc3cccc(C(=O)O)c3)s2)c1. The van der Waals surface area contributed by atoms with Gasteiger partial charge in [-0.2, -0.15) is 0 Å². The van der Waals surface area contributed by atoms with E-state index in [0.29, 0.717) is 10.8 Å². The molecule has 0 aliphatic rings. The lowest BCUT2D eigenvalue weighted by atomic mass is 10.2. The van der Waals surface area contributed by atoms with E-state index in [2.05, 4.69) is 16.9 Å². The molecule has 0 radical (unpaired) electrons. The molecule has 4 N–H and O–H groups in total. The van der Waals surface area contributed by atoms with Gasteiger partial charge >= 0.3 is 5.97 Å². The first-order valence-corrected chi connectivity index (χ1v) is 15.5. The number of nitrogens with two attached hydrogens (primary N) is 1. The highest BCUT2D eigenvalue weighted by Crippen LogP contribution is 2.33. The number of thiazole rings is 1. The third kappa shape index (κ3) is 8.94. The van der Waals surface area contributed by atoms with Crippen molar-refractivity contribution in [3.8, 4) is 28.1 Å². The summed E-state index contributed by atoms with van der Waals surface area (Å²) in [6, 6.07) is 16.1. The molecule has 0 unspecified atom stereocenters. The second kappa shape index (κ2) is 13.9. The van der Waals surface area contributed by atoms with Crippen molar-refractivity contribution < 1.29 is 37.3 Å². The second-order valence-corrected chi connectivity index (χ2v) is 12.3. The number of carboxylic acids is 1. The number of rotatable bonds is 12. The molecule has 4 rings (SSSR count). The van der Waals surface area contributed by atoms with Crippen molar-refractivity contribution in [2.75, 3.05) is 11.6 Å². The Morgan fingerprint density at radius 1 is 1.00 bits per heavy atom. The number of hydrogen-bond acceptors (Lipinski definition) is 10. The summed E-state index contributed by atoms with van der Waals surface area (Å²) in [6.07, 6.45) is 6.80. The van der Waals surface area contributed by atoms with Crippen LogP contribution in [-0.2, 0) is 9.84 Å². The fourth-order valence-corrected chi connectivity index (χ4v) is 4.97. The standard InChI is InChI=1S/C30H24ClN3O8S2/c1-3-5-21(16-26(31)32)41-24-14-19(13-23(15-24)40-20-8-10-25(11-9-20)44(2,38)39)28(35)34-30-33-17-27(43-30)42-22-7-4-6-18(12-22)29(36)37/h3-17H,1,32H2,2H3,(H,36,37)(H,33,34,35)/b21-5+,26-16-. The van der Waals surface area contributed by atoms with Crippen LogP contribution in [0.3, 0.4) is 0 Å². The van der Waals surface area contributed by atoms with Gasteiger partial charge in [0, 0.05) is 24.0 Å². The second-order valence-electron chi connectivity index (χ2n) is 8.85. The van der Waals surface area contributed by atoms with E-state index in [0.717, 1.165) is 17.6 Å². The fraction of sp³-hybridized carbons (Fsp3) is 0.0333. The summed E-state index contributed by atoms with van der Waals surface area (Å²) in [6.45, 7) is 3.64. The number of nitrogens with zero attached hydrogens (tertiary/aromatic N) is 1. The molecule has 0 atom stereocenters. The zero-order valence-corrected chi connectivity index (χ0v) is 25.3. The number of aromatic nitrogens is 1. The maximum atomic E-state index is 13.3. The molecule has 0 aliphatic heterocycles. The molecule has 0 bridgehead atoms. The van der Waals surface area contributed by atoms with E-state index in [4.69, 9.17) is 31.5 Å². The summed E-state index contributed by atoms with van der Waals surface area (Å²) >= 11 is 6.84. The van der Waals surface area contributed by atoms with Crippen molar-refractivity contribution in [1.29, 1.82) is 0 Å². The summed E-state index contributed by atoms with van der Waals surface area (Å²) in [5.41, 5.74) is 5.77. The molecule has 226 valence electrons. The number of nitrogens with one attached hydrogen (secondary N) is 1. The number of carboxylic acid groups (broad SMARTS) is 1. The lowest BCUT2D eigenvalue weighted by Gasteiger charge is -2.13. The minimum absolute atomic E-state index is 0.0501. The van der Waals surface area contributed by atoms with E-state index in [9.17, 15) is 23.1 Å². The predicted molar refractivity (Wildman–Crippen MR) is 167 cm³/mol. The van der Waals surface area contributed by atoms with E-state index in [1.165, 1.54) is 79.0 Å². The van der Waals surface area contributed by atoms with E-state index in [1.54, 1.807) is 12.1 Å². The van der Waals surface area contributed by atoms with Crippen LogP contribution in [0.4, 0.5) is 5.13 Å². The number of sulfone groups is 1. The van der Waals surface area contributed by atoms with Crippen molar-refractivity contribution >= 4 is 49.8 Å². The van der Waals surface area contributed by atoms with Gasteiger partial charge in [0.1, 0.15) is 33.9 Å². The van der Waals surface area contributed by atoms with Gasteiger partial charge in [-0.3, -0.25) is 10.1 Å². The van der Waals surface area contributed by atoms with E-state index < -0.39 is 21.7 Å². The molecule has 4 aromatic rings. The predicted octanol–water partition coefficient (Wildman–Crippen LogP) is 6.57. The van der Waals surface area contributed by atoms with Crippen LogP contribution in [-0.4, -0.2) is 36.6 Å². The molecule has 1 heterocycles. The van der Waals surface area contributed by atoms with Gasteiger partial charge in [-0.05, 0) is 60.7 Å². The lowest BCUT2D eigenvalue weighted by molar-refractivity contribution is 0.0696. The number of benzene rings is 3. The Kier molecular flexibility index (Phi) is 10.1. The Balaban J connectivity index is 1.59. The van der Waals surface area contributed by atoms with Crippen molar-refractivity contribution in [2.24, 2.45) is 5.73 Å². The quantitative estimate of drug-likeness (QED) is 0.0864. The van der Waals surface area contributed by atoms with Crippen LogP contribution in [0.25, 0.3) is 0 Å². The molecule has 1 amide bonds. The van der Waals surface area contributed by atoms with Gasteiger partial charge in [-0.15, -0.1) is 0 Å². The van der Waals surface area contributed by atoms with Crippen LogP contribution in [0.1, 0.15) is 20.7 Å². The van der Waals surface area contributed by atoms with Crippen molar-refractivity contribution in [2.45, 2.75) is 4.90 Å². The first-order chi connectivity index (χ1) is 20.9. The smallest absolute Gasteiger partial charge is 0.335 e. The molecule has 0 aliphatic carbocycles. The zero-order valence-electron chi connectivity index (χ0n) is 22.9. The van der Waals surface area contributed by atoms with Crippen molar-refractivity contribution in [3.05, 3.63) is 120 Å². The normalized spacial score (nSPS) is 11.9. The number of carbonyl (C=O) groups is 2. The van der Waals surface area contributed by atoms with Crippen LogP contribution in [0.15, 0.2) is 114 Å². The maximum absolute atomic E-state index is 13.3. The Morgan fingerprint density at radius 2 is 1.70 bits per heavy atom. The largest absolute Gasteiger partial charge is 0.478 e. The first-order valence-electron chi connectivity index (χ1n) is 12.4. The van der Waals surface area contributed by atoms with Crippen molar-refractivity contribution in [3.63, 3.8) is 0 Å². The molecule has 0 saturated carbocycles. The number of allylic oxidation sites excluding steroid dienone is 3. The van der Waals surface area contributed by atoms with Crippen LogP contribution in [0, 0.1) is 0 Å². The zero-order chi connectivity index (χ0) is 31.9. The molecule has 44 heavy (non-hydrogen) atoms. The van der Waals surface area contributed by atoms with Gasteiger partial charge in [0.2, 0.25) is 5.06 Å². The third-order valence-electron chi connectivity index (χ3n) is 5.43. The highest BCUT2D eigenvalue weighted by atomic mass is 35.5. The fourth-order valence-electron chi connectivity index (χ4n) is 3.55.